The molecule has 2 amide bonds. The standard InChI is InChI=1S/C29H46N4O2/c1-22(2)23-10-12-25(13-11-23)32-18-14-29(15-19-32)26-8-4-3-7-24(26)21-33(28(29)35)20-17-31-27(34)9-5-6-16-30/h3-4,7-8,22-23,25H,5-6,9-21,30H2,1-2H3,(H,31,34)/t23-,25+. The summed E-state index contributed by atoms with van der Waals surface area (Å²) in [4.78, 5) is 30.7. The van der Waals surface area contributed by atoms with Crippen molar-refractivity contribution >= 4 is 11.8 Å². The number of nitrogens with zero attached hydrogens (tertiary/aromatic N) is 2. The summed E-state index contributed by atoms with van der Waals surface area (Å²) in [7, 11) is 0. The Kier molecular flexibility index (Phi) is 8.87. The van der Waals surface area contributed by atoms with Gasteiger partial charge in [-0.25, -0.2) is 0 Å². The van der Waals surface area contributed by atoms with Crippen LogP contribution < -0.4 is 11.1 Å². The van der Waals surface area contributed by atoms with Crippen LogP contribution in [-0.4, -0.2) is 60.4 Å². The minimum Gasteiger partial charge on any atom is -0.354 e. The second kappa shape index (κ2) is 11.9. The maximum absolute atomic E-state index is 13.9. The van der Waals surface area contributed by atoms with Crippen LogP contribution in [0, 0.1) is 11.8 Å². The van der Waals surface area contributed by atoms with E-state index in [0.29, 0.717) is 38.6 Å². The predicted octanol–water partition coefficient (Wildman–Crippen LogP) is 3.82. The van der Waals surface area contributed by atoms with Gasteiger partial charge in [-0.3, -0.25) is 9.59 Å². The lowest BCUT2D eigenvalue weighted by Gasteiger charge is -2.49. The van der Waals surface area contributed by atoms with Gasteiger partial charge in [-0.15, -0.1) is 0 Å². The zero-order chi connectivity index (χ0) is 24.8. The molecule has 6 nitrogen and oxygen atoms in total. The molecule has 1 aromatic rings. The summed E-state index contributed by atoms with van der Waals surface area (Å²) in [5.74, 6) is 1.98. The fourth-order valence-electron chi connectivity index (χ4n) is 6.74. The van der Waals surface area contributed by atoms with Gasteiger partial charge in [0, 0.05) is 32.1 Å². The molecule has 2 aliphatic heterocycles. The average molecular weight is 483 g/mol. The summed E-state index contributed by atoms with van der Waals surface area (Å²) in [6.45, 7) is 9.07. The molecule has 1 saturated heterocycles. The molecule has 3 aliphatic rings. The number of carbonyl (C=O) groups excluding carboxylic acids is 2. The van der Waals surface area contributed by atoms with Crippen LogP contribution >= 0.6 is 0 Å². The highest BCUT2D eigenvalue weighted by Gasteiger charge is 2.49. The highest BCUT2D eigenvalue weighted by atomic mass is 16.2. The molecule has 2 heterocycles. The van der Waals surface area contributed by atoms with Crippen molar-refractivity contribution in [1.29, 1.82) is 0 Å². The lowest BCUT2D eigenvalue weighted by molar-refractivity contribution is -0.142. The first-order valence-electron chi connectivity index (χ1n) is 14.0. The minimum atomic E-state index is -0.411. The van der Waals surface area contributed by atoms with E-state index in [4.69, 9.17) is 5.73 Å². The van der Waals surface area contributed by atoms with Crippen LogP contribution in [0.25, 0.3) is 0 Å². The SMILES string of the molecule is CC(C)[C@H]1CC[C@@H](N2CCC3(CC2)C(=O)N(CCNC(=O)CCCCN)Cc2ccccc23)CC1. The Labute approximate surface area is 212 Å². The lowest BCUT2D eigenvalue weighted by Crippen LogP contribution is -2.58. The number of carbonyl (C=O) groups is 2. The van der Waals surface area contributed by atoms with Crippen molar-refractivity contribution in [3.8, 4) is 0 Å². The van der Waals surface area contributed by atoms with Crippen molar-refractivity contribution in [1.82, 2.24) is 15.1 Å². The Hall–Kier alpha value is -1.92. The summed E-state index contributed by atoms with van der Waals surface area (Å²) < 4.78 is 0. The molecule has 0 unspecified atom stereocenters. The van der Waals surface area contributed by atoms with Gasteiger partial charge in [0.1, 0.15) is 0 Å². The van der Waals surface area contributed by atoms with Gasteiger partial charge < -0.3 is 20.9 Å². The molecule has 194 valence electrons. The molecule has 0 radical (unpaired) electrons. The number of piperidine rings is 1. The number of benzene rings is 1. The van der Waals surface area contributed by atoms with E-state index in [-0.39, 0.29) is 11.8 Å². The van der Waals surface area contributed by atoms with Gasteiger partial charge in [-0.1, -0.05) is 38.1 Å². The zero-order valence-electron chi connectivity index (χ0n) is 21.9. The highest BCUT2D eigenvalue weighted by Crippen LogP contribution is 2.44. The number of likely N-dealkylation sites (tertiary alicyclic amines) is 1. The van der Waals surface area contributed by atoms with Gasteiger partial charge in [0.05, 0.1) is 5.41 Å². The molecule has 1 aromatic carbocycles. The van der Waals surface area contributed by atoms with Crippen LogP contribution in [0.3, 0.4) is 0 Å². The van der Waals surface area contributed by atoms with E-state index in [0.717, 1.165) is 50.6 Å². The van der Waals surface area contributed by atoms with Gasteiger partial charge in [0.25, 0.3) is 0 Å². The third kappa shape index (κ3) is 5.91. The largest absolute Gasteiger partial charge is 0.354 e. The van der Waals surface area contributed by atoms with Crippen molar-refractivity contribution in [2.75, 3.05) is 32.7 Å². The first-order chi connectivity index (χ1) is 16.9. The topological polar surface area (TPSA) is 78.7 Å². The molecule has 0 aromatic heterocycles. The van der Waals surface area contributed by atoms with Gasteiger partial charge >= 0.3 is 0 Å². The van der Waals surface area contributed by atoms with Crippen molar-refractivity contribution in [2.45, 2.75) is 89.6 Å². The molecule has 1 spiro atoms. The Morgan fingerprint density at radius 1 is 1.11 bits per heavy atom. The van der Waals surface area contributed by atoms with Crippen molar-refractivity contribution in [3.63, 3.8) is 0 Å². The maximum atomic E-state index is 13.9. The summed E-state index contributed by atoms with van der Waals surface area (Å²) in [6, 6.07) is 9.23. The maximum Gasteiger partial charge on any atom is 0.233 e. The highest BCUT2D eigenvalue weighted by molar-refractivity contribution is 5.90. The predicted molar refractivity (Wildman–Crippen MR) is 141 cm³/mol. The number of hydrogen-bond donors (Lipinski definition) is 2. The van der Waals surface area contributed by atoms with Crippen LogP contribution in [0.15, 0.2) is 24.3 Å². The smallest absolute Gasteiger partial charge is 0.233 e. The van der Waals surface area contributed by atoms with Gasteiger partial charge in [-0.2, -0.15) is 0 Å². The number of hydrogen-bond acceptors (Lipinski definition) is 4. The number of amides is 2. The molecule has 0 atom stereocenters. The Bertz CT molecular complexity index is 854. The first-order valence-corrected chi connectivity index (χ1v) is 14.0. The second-order valence-electron chi connectivity index (χ2n) is 11.4. The first kappa shape index (κ1) is 26.2. The molecule has 35 heavy (non-hydrogen) atoms. The normalized spacial score (nSPS) is 24.6. The molecule has 4 rings (SSSR count). The number of rotatable bonds is 9. The molecule has 3 N–H and O–H groups in total. The Morgan fingerprint density at radius 2 is 1.83 bits per heavy atom. The zero-order valence-corrected chi connectivity index (χ0v) is 21.9. The van der Waals surface area contributed by atoms with Gasteiger partial charge in [-0.05, 0) is 94.0 Å². The van der Waals surface area contributed by atoms with Crippen LogP contribution in [-0.2, 0) is 21.5 Å². The van der Waals surface area contributed by atoms with Crippen molar-refractivity contribution in [2.24, 2.45) is 17.6 Å². The quantitative estimate of drug-likeness (QED) is 0.525. The van der Waals surface area contributed by atoms with E-state index in [1.807, 2.05) is 4.90 Å². The molecule has 2 fully saturated rings. The van der Waals surface area contributed by atoms with Gasteiger partial charge in [0.15, 0.2) is 0 Å². The second-order valence-corrected chi connectivity index (χ2v) is 11.4. The molecule has 1 saturated carbocycles. The van der Waals surface area contributed by atoms with E-state index < -0.39 is 5.41 Å². The van der Waals surface area contributed by atoms with Crippen LogP contribution in [0.4, 0.5) is 0 Å². The van der Waals surface area contributed by atoms with E-state index >= 15 is 0 Å². The summed E-state index contributed by atoms with van der Waals surface area (Å²) in [6.07, 6.45) is 9.28. The van der Waals surface area contributed by atoms with Crippen molar-refractivity contribution in [3.05, 3.63) is 35.4 Å². The third-order valence-corrected chi connectivity index (χ3v) is 9.00. The average Bonchev–Trinajstić information content (AvgIpc) is 2.88. The monoisotopic (exact) mass is 482 g/mol. The Morgan fingerprint density at radius 3 is 2.51 bits per heavy atom. The molecule has 0 bridgehead atoms. The molecule has 1 aliphatic carbocycles. The van der Waals surface area contributed by atoms with Crippen LogP contribution in [0.1, 0.15) is 82.8 Å². The number of fused-ring (bicyclic) bond motifs is 2. The number of nitrogens with one attached hydrogen (secondary N) is 1. The molecular formula is C29H46N4O2. The summed E-state index contributed by atoms with van der Waals surface area (Å²) >= 11 is 0. The van der Waals surface area contributed by atoms with Crippen LogP contribution in [0.5, 0.6) is 0 Å². The van der Waals surface area contributed by atoms with E-state index in [2.05, 4.69) is 48.3 Å². The molecule has 6 heteroatoms. The van der Waals surface area contributed by atoms with Gasteiger partial charge in [0.2, 0.25) is 11.8 Å². The lowest BCUT2D eigenvalue weighted by atomic mass is 9.67. The third-order valence-electron chi connectivity index (χ3n) is 9.00. The van der Waals surface area contributed by atoms with E-state index in [1.54, 1.807) is 0 Å². The fourth-order valence-corrected chi connectivity index (χ4v) is 6.74. The van der Waals surface area contributed by atoms with E-state index in [1.165, 1.54) is 36.8 Å². The summed E-state index contributed by atoms with van der Waals surface area (Å²) in [5.41, 5.74) is 7.63. The summed E-state index contributed by atoms with van der Waals surface area (Å²) in [5, 5.41) is 3.00. The van der Waals surface area contributed by atoms with Crippen LogP contribution in [0.2, 0.25) is 0 Å². The number of unbranched alkanes of at least 4 members (excludes halogenated alkanes) is 1. The van der Waals surface area contributed by atoms with Crippen molar-refractivity contribution < 1.29 is 9.59 Å². The Balaban J connectivity index is 1.38. The van der Waals surface area contributed by atoms with E-state index in [9.17, 15) is 9.59 Å². The molecular weight excluding hydrogens is 436 g/mol. The fraction of sp³-hybridized carbons (Fsp3) is 0.724. The minimum absolute atomic E-state index is 0.0542. The number of nitrogens with two attached hydrogens (primary N) is 1.